The fraction of sp³-hybridized carbons (Fsp3) is 0.538. The molecule has 0 aromatic heterocycles. The van der Waals surface area contributed by atoms with Crippen LogP contribution in [0.4, 0.5) is 0 Å². The van der Waals surface area contributed by atoms with E-state index in [4.69, 9.17) is 4.74 Å². The largest absolute Gasteiger partial charge is 0.385 e. The summed E-state index contributed by atoms with van der Waals surface area (Å²) in [5, 5.41) is 3.44. The molecule has 0 atom stereocenters. The number of hydrogen-bond donors (Lipinski definition) is 1. The lowest BCUT2D eigenvalue weighted by molar-refractivity contribution is 0.200. The van der Waals surface area contributed by atoms with Crippen LogP contribution in [0.25, 0.3) is 0 Å². The molecule has 0 saturated heterocycles. The summed E-state index contributed by atoms with van der Waals surface area (Å²) in [6, 6.07) is 10.5. The Hall–Kier alpha value is -0.510. The van der Waals surface area contributed by atoms with Crippen molar-refractivity contribution >= 4 is 11.8 Å². The van der Waals surface area contributed by atoms with Crippen LogP contribution in [-0.2, 0) is 11.3 Å². The van der Waals surface area contributed by atoms with E-state index in [9.17, 15) is 0 Å². The molecule has 3 heteroatoms. The number of methoxy groups -OCH3 is 1. The van der Waals surface area contributed by atoms with Crippen molar-refractivity contribution in [3.8, 4) is 0 Å². The fourth-order valence-corrected chi connectivity index (χ4v) is 2.20. The van der Waals surface area contributed by atoms with Gasteiger partial charge in [-0.2, -0.15) is 11.8 Å². The van der Waals surface area contributed by atoms with Gasteiger partial charge in [-0.3, -0.25) is 0 Å². The molecule has 1 aromatic carbocycles. The van der Waals surface area contributed by atoms with Crippen molar-refractivity contribution in [3.63, 3.8) is 0 Å². The van der Waals surface area contributed by atoms with Crippen molar-refractivity contribution in [2.24, 2.45) is 0 Å². The third-order valence-corrected chi connectivity index (χ3v) is 3.30. The molecule has 0 bridgehead atoms. The van der Waals surface area contributed by atoms with Crippen molar-refractivity contribution in [2.75, 3.05) is 31.8 Å². The number of hydrogen-bond acceptors (Lipinski definition) is 3. The highest BCUT2D eigenvalue weighted by Crippen LogP contribution is 2.01. The van der Waals surface area contributed by atoms with E-state index in [2.05, 4.69) is 35.6 Å². The second kappa shape index (κ2) is 9.70. The van der Waals surface area contributed by atoms with Crippen LogP contribution in [0.3, 0.4) is 0 Å². The number of benzene rings is 1. The minimum absolute atomic E-state index is 0.879. The molecule has 0 radical (unpaired) electrons. The first-order chi connectivity index (χ1) is 7.93. The van der Waals surface area contributed by atoms with E-state index < -0.39 is 0 Å². The van der Waals surface area contributed by atoms with Crippen molar-refractivity contribution in [3.05, 3.63) is 35.9 Å². The topological polar surface area (TPSA) is 21.3 Å². The average Bonchev–Trinajstić information content (AvgIpc) is 2.34. The van der Waals surface area contributed by atoms with Crippen molar-refractivity contribution in [2.45, 2.75) is 13.0 Å². The van der Waals surface area contributed by atoms with Crippen LogP contribution in [0, 0.1) is 0 Å². The van der Waals surface area contributed by atoms with Crippen molar-refractivity contribution < 1.29 is 4.74 Å². The smallest absolute Gasteiger partial charge is 0.0470 e. The molecule has 0 amide bonds. The molecule has 16 heavy (non-hydrogen) atoms. The summed E-state index contributed by atoms with van der Waals surface area (Å²) in [5.74, 6) is 2.37. The third kappa shape index (κ3) is 6.88. The molecule has 1 rings (SSSR count). The van der Waals surface area contributed by atoms with Crippen LogP contribution in [0.15, 0.2) is 30.3 Å². The normalized spacial score (nSPS) is 10.6. The van der Waals surface area contributed by atoms with Crippen LogP contribution in [0.5, 0.6) is 0 Å². The van der Waals surface area contributed by atoms with Gasteiger partial charge in [0.1, 0.15) is 0 Å². The molecule has 1 aromatic rings. The summed E-state index contributed by atoms with van der Waals surface area (Å²) >= 11 is 1.99. The van der Waals surface area contributed by atoms with Crippen LogP contribution < -0.4 is 5.32 Å². The van der Waals surface area contributed by atoms with Crippen molar-refractivity contribution in [1.29, 1.82) is 0 Å². The quantitative estimate of drug-likeness (QED) is 0.669. The van der Waals surface area contributed by atoms with Gasteiger partial charge in [0, 0.05) is 32.6 Å². The minimum Gasteiger partial charge on any atom is -0.385 e. The van der Waals surface area contributed by atoms with Crippen LogP contribution >= 0.6 is 11.8 Å². The highest BCUT2D eigenvalue weighted by Gasteiger charge is 1.92. The molecule has 1 N–H and O–H groups in total. The molecule has 90 valence electrons. The van der Waals surface area contributed by atoms with E-state index in [1.54, 1.807) is 7.11 Å². The summed E-state index contributed by atoms with van der Waals surface area (Å²) in [6.07, 6.45) is 1.15. The summed E-state index contributed by atoms with van der Waals surface area (Å²) in [4.78, 5) is 0. The van der Waals surface area contributed by atoms with Gasteiger partial charge in [0.15, 0.2) is 0 Å². The lowest BCUT2D eigenvalue weighted by atomic mass is 10.2. The Kier molecular flexibility index (Phi) is 8.22. The van der Waals surface area contributed by atoms with E-state index in [-0.39, 0.29) is 0 Å². The Morgan fingerprint density at radius 2 is 2.00 bits per heavy atom. The lowest BCUT2D eigenvalue weighted by Gasteiger charge is -2.04. The molecule has 0 unspecified atom stereocenters. The monoisotopic (exact) mass is 239 g/mol. The summed E-state index contributed by atoms with van der Waals surface area (Å²) in [5.41, 5.74) is 1.35. The van der Waals surface area contributed by atoms with Gasteiger partial charge >= 0.3 is 0 Å². The Balaban J connectivity index is 1.89. The summed E-state index contributed by atoms with van der Waals surface area (Å²) in [6.45, 7) is 2.93. The maximum Gasteiger partial charge on any atom is 0.0470 e. The van der Waals surface area contributed by atoms with Gasteiger partial charge in [0.25, 0.3) is 0 Å². The molecule has 0 aliphatic rings. The molecule has 0 aliphatic heterocycles. The highest BCUT2D eigenvalue weighted by atomic mass is 32.2. The second-order valence-corrected chi connectivity index (χ2v) is 4.85. The zero-order valence-electron chi connectivity index (χ0n) is 9.95. The number of rotatable bonds is 9. The van der Waals surface area contributed by atoms with E-state index in [1.165, 1.54) is 17.1 Å². The van der Waals surface area contributed by atoms with Gasteiger partial charge in [-0.05, 0) is 17.7 Å². The highest BCUT2D eigenvalue weighted by molar-refractivity contribution is 7.99. The van der Waals surface area contributed by atoms with Gasteiger partial charge in [0.05, 0.1) is 0 Å². The van der Waals surface area contributed by atoms with E-state index in [1.807, 2.05) is 11.8 Å². The van der Waals surface area contributed by atoms with Crippen LogP contribution in [0.1, 0.15) is 12.0 Å². The third-order valence-electron chi connectivity index (χ3n) is 2.23. The molecular weight excluding hydrogens is 218 g/mol. The van der Waals surface area contributed by atoms with Crippen molar-refractivity contribution in [1.82, 2.24) is 5.32 Å². The van der Waals surface area contributed by atoms with E-state index >= 15 is 0 Å². The molecule has 0 saturated carbocycles. The second-order valence-electron chi connectivity index (χ2n) is 3.62. The van der Waals surface area contributed by atoms with Crippen LogP contribution in [-0.4, -0.2) is 31.8 Å². The predicted octanol–water partition coefficient (Wildman–Crippen LogP) is 2.55. The Labute approximate surface area is 103 Å². The number of ether oxygens (including phenoxy) is 1. The van der Waals surface area contributed by atoms with Gasteiger partial charge in [-0.25, -0.2) is 0 Å². The van der Waals surface area contributed by atoms with Crippen LogP contribution in [0.2, 0.25) is 0 Å². The summed E-state index contributed by atoms with van der Waals surface area (Å²) in [7, 11) is 1.76. The number of nitrogens with one attached hydrogen (secondary N) is 1. The molecule has 0 fully saturated rings. The van der Waals surface area contributed by atoms with Gasteiger partial charge in [0.2, 0.25) is 0 Å². The SMILES string of the molecule is COCCCSCCNCc1ccccc1. The lowest BCUT2D eigenvalue weighted by Crippen LogP contribution is -2.16. The summed E-state index contributed by atoms with van der Waals surface area (Å²) < 4.78 is 5.00. The predicted molar refractivity (Wildman–Crippen MR) is 72.0 cm³/mol. The van der Waals surface area contributed by atoms with E-state index in [0.29, 0.717) is 0 Å². The zero-order chi connectivity index (χ0) is 11.5. The fourth-order valence-electron chi connectivity index (χ4n) is 1.38. The maximum absolute atomic E-state index is 5.00. The minimum atomic E-state index is 0.879. The Morgan fingerprint density at radius 3 is 2.75 bits per heavy atom. The zero-order valence-corrected chi connectivity index (χ0v) is 10.8. The van der Waals surface area contributed by atoms with Gasteiger partial charge in [-0.1, -0.05) is 30.3 Å². The first kappa shape index (κ1) is 13.6. The van der Waals surface area contributed by atoms with E-state index in [0.717, 1.165) is 26.1 Å². The first-order valence-electron chi connectivity index (χ1n) is 5.75. The van der Waals surface area contributed by atoms with Gasteiger partial charge in [-0.15, -0.1) is 0 Å². The molecule has 0 heterocycles. The molecular formula is C13H21NOS. The van der Waals surface area contributed by atoms with Gasteiger partial charge < -0.3 is 10.1 Å². The first-order valence-corrected chi connectivity index (χ1v) is 6.90. The molecule has 0 spiro atoms. The maximum atomic E-state index is 5.00. The standard InChI is InChI=1S/C13H21NOS/c1-15-9-5-10-16-11-8-14-12-13-6-3-2-4-7-13/h2-4,6-7,14H,5,8-12H2,1H3. The number of thioether (sulfide) groups is 1. The molecule has 0 aliphatic carbocycles. The Bertz CT molecular complexity index is 253. The molecule has 2 nitrogen and oxygen atoms in total. The Morgan fingerprint density at radius 1 is 1.19 bits per heavy atom. The average molecular weight is 239 g/mol.